The van der Waals surface area contributed by atoms with E-state index in [-0.39, 0.29) is 6.42 Å². The normalized spacial score (nSPS) is 10.2. The number of hydrogen-bond acceptors (Lipinski definition) is 6. The molecule has 1 aromatic heterocycles. The van der Waals surface area contributed by atoms with Gasteiger partial charge in [-0.3, -0.25) is 10.1 Å². The number of thiazole rings is 1. The number of ether oxygens (including phenoxy) is 2. The maximum absolute atomic E-state index is 11.5. The molecule has 1 aromatic rings. The summed E-state index contributed by atoms with van der Waals surface area (Å²) in [5, 5.41) is 2.91. The number of amides is 1. The van der Waals surface area contributed by atoms with E-state index in [2.05, 4.69) is 26.9 Å². The van der Waals surface area contributed by atoms with Crippen LogP contribution in [0.3, 0.4) is 0 Å². The number of esters is 1. The summed E-state index contributed by atoms with van der Waals surface area (Å²) >= 11 is 1.20. The van der Waals surface area contributed by atoms with Gasteiger partial charge in [-0.1, -0.05) is 23.2 Å². The SMILES string of the molecule is COC(=O)CC#Cc1cnc(NC(=O)OC(C)(C)C)s1. The largest absolute Gasteiger partial charge is 0.468 e. The van der Waals surface area contributed by atoms with Crippen LogP contribution in [0, 0.1) is 11.8 Å². The van der Waals surface area contributed by atoms with Crippen LogP contribution < -0.4 is 5.32 Å². The van der Waals surface area contributed by atoms with Gasteiger partial charge >= 0.3 is 12.1 Å². The standard InChI is InChI=1S/C13H16N2O4S/c1-13(2,3)19-12(17)15-11-14-8-9(20-11)6-5-7-10(16)18-4/h8H,7H2,1-4H3,(H,14,15,17). The third-order valence-corrected chi connectivity index (χ3v) is 2.61. The van der Waals surface area contributed by atoms with E-state index in [1.807, 2.05) is 0 Å². The van der Waals surface area contributed by atoms with Crippen molar-refractivity contribution in [1.82, 2.24) is 4.98 Å². The molecule has 0 unspecified atom stereocenters. The minimum absolute atomic E-state index is 0.0171. The number of nitrogens with one attached hydrogen (secondary N) is 1. The quantitative estimate of drug-likeness (QED) is 0.670. The Morgan fingerprint density at radius 3 is 2.75 bits per heavy atom. The van der Waals surface area contributed by atoms with Crippen LogP contribution in [0.4, 0.5) is 9.93 Å². The summed E-state index contributed by atoms with van der Waals surface area (Å²) in [7, 11) is 1.31. The zero-order chi connectivity index (χ0) is 15.2. The summed E-state index contributed by atoms with van der Waals surface area (Å²) in [5.74, 6) is 5.03. The molecule has 0 aromatic carbocycles. The summed E-state index contributed by atoms with van der Waals surface area (Å²) in [5.41, 5.74) is -0.565. The number of carbonyl (C=O) groups excluding carboxylic acids is 2. The van der Waals surface area contributed by atoms with Crippen LogP contribution in [0.1, 0.15) is 32.1 Å². The molecule has 20 heavy (non-hydrogen) atoms. The van der Waals surface area contributed by atoms with Crippen LogP contribution >= 0.6 is 11.3 Å². The average molecular weight is 296 g/mol. The fraction of sp³-hybridized carbons (Fsp3) is 0.462. The van der Waals surface area contributed by atoms with E-state index >= 15 is 0 Å². The van der Waals surface area contributed by atoms with Gasteiger partial charge < -0.3 is 9.47 Å². The van der Waals surface area contributed by atoms with E-state index in [1.165, 1.54) is 24.6 Å². The van der Waals surface area contributed by atoms with Crippen molar-refractivity contribution in [2.24, 2.45) is 0 Å². The molecule has 1 heterocycles. The highest BCUT2D eigenvalue weighted by Gasteiger charge is 2.17. The lowest BCUT2D eigenvalue weighted by Gasteiger charge is -2.18. The van der Waals surface area contributed by atoms with E-state index in [1.54, 1.807) is 20.8 Å². The van der Waals surface area contributed by atoms with Gasteiger partial charge in [0.05, 0.1) is 18.2 Å². The maximum atomic E-state index is 11.5. The number of rotatable bonds is 2. The van der Waals surface area contributed by atoms with E-state index in [0.29, 0.717) is 10.0 Å². The molecule has 0 aliphatic heterocycles. The van der Waals surface area contributed by atoms with Crippen molar-refractivity contribution < 1.29 is 19.1 Å². The molecule has 1 rings (SSSR count). The van der Waals surface area contributed by atoms with E-state index < -0.39 is 17.7 Å². The number of hydrogen-bond donors (Lipinski definition) is 1. The first-order valence-electron chi connectivity index (χ1n) is 5.81. The van der Waals surface area contributed by atoms with Gasteiger partial charge in [0, 0.05) is 0 Å². The van der Waals surface area contributed by atoms with Gasteiger partial charge in [0.2, 0.25) is 0 Å². The third kappa shape index (κ3) is 6.20. The molecule has 0 saturated heterocycles. The summed E-state index contributed by atoms with van der Waals surface area (Å²) in [6.45, 7) is 5.33. The predicted molar refractivity (Wildman–Crippen MR) is 75.5 cm³/mol. The molecule has 1 N–H and O–H groups in total. The molecule has 6 nitrogen and oxygen atoms in total. The van der Waals surface area contributed by atoms with E-state index in [9.17, 15) is 9.59 Å². The zero-order valence-corrected chi connectivity index (χ0v) is 12.6. The minimum atomic E-state index is -0.569. The van der Waals surface area contributed by atoms with Crippen LogP contribution in [0.25, 0.3) is 0 Å². The maximum Gasteiger partial charge on any atom is 0.413 e. The molecule has 0 spiro atoms. The molecule has 0 fully saturated rings. The van der Waals surface area contributed by atoms with Crippen molar-refractivity contribution >= 4 is 28.5 Å². The van der Waals surface area contributed by atoms with Crippen molar-refractivity contribution in [3.05, 3.63) is 11.1 Å². The molecule has 0 atom stereocenters. The lowest BCUT2D eigenvalue weighted by atomic mass is 10.2. The summed E-state index contributed by atoms with van der Waals surface area (Å²) in [6.07, 6.45) is 0.964. The second-order valence-corrected chi connectivity index (χ2v) is 5.74. The van der Waals surface area contributed by atoms with E-state index in [0.717, 1.165) is 0 Å². The van der Waals surface area contributed by atoms with Gasteiger partial charge in [-0.15, -0.1) is 0 Å². The highest BCUT2D eigenvalue weighted by atomic mass is 32.1. The second-order valence-electron chi connectivity index (χ2n) is 4.71. The molecular formula is C13H16N2O4S. The van der Waals surface area contributed by atoms with Crippen LogP contribution in [0.2, 0.25) is 0 Å². The van der Waals surface area contributed by atoms with Gasteiger partial charge in [0.25, 0.3) is 0 Å². The van der Waals surface area contributed by atoms with Gasteiger partial charge in [0.1, 0.15) is 12.0 Å². The van der Waals surface area contributed by atoms with Crippen molar-refractivity contribution in [2.75, 3.05) is 12.4 Å². The number of anilines is 1. The van der Waals surface area contributed by atoms with Crippen LogP contribution in [-0.2, 0) is 14.3 Å². The number of aromatic nitrogens is 1. The molecule has 0 bridgehead atoms. The van der Waals surface area contributed by atoms with Crippen molar-refractivity contribution in [2.45, 2.75) is 32.8 Å². The highest BCUT2D eigenvalue weighted by Crippen LogP contribution is 2.18. The molecular weight excluding hydrogens is 280 g/mol. The molecule has 108 valence electrons. The monoisotopic (exact) mass is 296 g/mol. The molecule has 7 heteroatoms. The molecule has 0 aliphatic carbocycles. The summed E-state index contributed by atoms with van der Waals surface area (Å²) < 4.78 is 9.56. The smallest absolute Gasteiger partial charge is 0.413 e. The van der Waals surface area contributed by atoms with Crippen molar-refractivity contribution in [3.63, 3.8) is 0 Å². The zero-order valence-electron chi connectivity index (χ0n) is 11.8. The lowest BCUT2D eigenvalue weighted by molar-refractivity contribution is -0.139. The first kappa shape index (κ1) is 16.0. The van der Waals surface area contributed by atoms with Crippen LogP contribution in [-0.4, -0.2) is 29.8 Å². The topological polar surface area (TPSA) is 77.5 Å². The first-order valence-corrected chi connectivity index (χ1v) is 6.63. The Kier molecular flexibility index (Phi) is 5.53. The fourth-order valence-electron chi connectivity index (χ4n) is 1.06. The second kappa shape index (κ2) is 6.91. The van der Waals surface area contributed by atoms with Gasteiger partial charge in [0.15, 0.2) is 5.13 Å². The van der Waals surface area contributed by atoms with Gasteiger partial charge in [-0.25, -0.2) is 9.78 Å². The number of methoxy groups -OCH3 is 1. The molecule has 0 aliphatic rings. The molecule has 0 radical (unpaired) electrons. The van der Waals surface area contributed by atoms with Gasteiger partial charge in [-0.05, 0) is 20.8 Å². The Morgan fingerprint density at radius 2 is 2.15 bits per heavy atom. The molecule has 1 amide bonds. The van der Waals surface area contributed by atoms with Crippen molar-refractivity contribution in [3.8, 4) is 11.8 Å². The van der Waals surface area contributed by atoms with E-state index in [4.69, 9.17) is 4.74 Å². The summed E-state index contributed by atoms with van der Waals surface area (Å²) in [6, 6.07) is 0. The van der Waals surface area contributed by atoms with Crippen molar-refractivity contribution in [1.29, 1.82) is 0 Å². The predicted octanol–water partition coefficient (Wildman–Crippen LogP) is 2.40. The van der Waals surface area contributed by atoms with Crippen LogP contribution in [0.15, 0.2) is 6.20 Å². The van der Waals surface area contributed by atoms with Crippen LogP contribution in [0.5, 0.6) is 0 Å². The highest BCUT2D eigenvalue weighted by molar-refractivity contribution is 7.16. The first-order chi connectivity index (χ1) is 9.30. The van der Waals surface area contributed by atoms with Gasteiger partial charge in [-0.2, -0.15) is 0 Å². The number of carbonyl (C=O) groups is 2. The average Bonchev–Trinajstić information content (AvgIpc) is 2.73. The third-order valence-electron chi connectivity index (χ3n) is 1.79. The minimum Gasteiger partial charge on any atom is -0.468 e. The summed E-state index contributed by atoms with van der Waals surface area (Å²) in [4.78, 5) is 27.0. The Bertz CT molecular complexity index is 549. The Balaban J connectivity index is 2.55. The Morgan fingerprint density at radius 1 is 1.45 bits per heavy atom. The Labute approximate surface area is 121 Å². The Hall–Kier alpha value is -2.07. The lowest BCUT2D eigenvalue weighted by Crippen LogP contribution is -2.27. The molecule has 0 saturated carbocycles. The number of nitrogens with zero attached hydrogens (tertiary/aromatic N) is 1. The fourth-order valence-corrected chi connectivity index (χ4v) is 1.73.